The van der Waals surface area contributed by atoms with Crippen LogP contribution in [-0.4, -0.2) is 80.1 Å². The van der Waals surface area contributed by atoms with Crippen molar-refractivity contribution in [3.05, 3.63) is 77.6 Å². The molecule has 0 unspecified atom stereocenters. The van der Waals surface area contributed by atoms with E-state index in [0.29, 0.717) is 36.1 Å². The number of carbonyl (C=O) groups is 3. The molecule has 14 heteroatoms. The fraction of sp³-hybridized carbons (Fsp3) is 0.417. The molecule has 8 N–H and O–H groups in total. The van der Waals surface area contributed by atoms with Gasteiger partial charge in [-0.25, -0.2) is 9.99 Å². The van der Waals surface area contributed by atoms with Crippen molar-refractivity contribution in [2.45, 2.75) is 64.0 Å². The molecule has 0 bridgehead atoms. The van der Waals surface area contributed by atoms with Crippen LogP contribution in [0.15, 0.2) is 60.7 Å². The molecule has 14 nitrogen and oxygen atoms in total. The van der Waals surface area contributed by atoms with Crippen molar-refractivity contribution in [3.8, 4) is 22.5 Å². The molecule has 3 amide bonds. The van der Waals surface area contributed by atoms with E-state index < -0.39 is 6.04 Å². The van der Waals surface area contributed by atoms with Gasteiger partial charge >= 0.3 is 0 Å². The summed E-state index contributed by atoms with van der Waals surface area (Å²) in [7, 11) is 0. The molecule has 2 aromatic heterocycles. The van der Waals surface area contributed by atoms with Gasteiger partial charge in [0.25, 0.3) is 5.91 Å². The number of H-pyrrole nitrogens is 1. The van der Waals surface area contributed by atoms with Crippen LogP contribution in [0.1, 0.15) is 60.3 Å². The number of rotatable bonds is 11. The molecule has 0 radical (unpaired) electrons. The Morgan fingerprint density at radius 2 is 1.62 bits per heavy atom. The monoisotopic (exact) mass is 679 g/mol. The highest BCUT2D eigenvalue weighted by molar-refractivity contribution is 5.98. The number of nitrogens with two attached hydrogens (primary N) is 2. The van der Waals surface area contributed by atoms with Crippen LogP contribution in [0.3, 0.4) is 0 Å². The highest BCUT2D eigenvalue weighted by atomic mass is 16.2. The number of aryl methyl sites for hydroxylation is 1. The number of hydrogen-bond donors (Lipinski definition) is 6. The number of pyridine rings is 1. The van der Waals surface area contributed by atoms with Crippen LogP contribution in [-0.2, 0) is 16.0 Å². The van der Waals surface area contributed by atoms with E-state index in [1.165, 1.54) is 0 Å². The normalized spacial score (nSPS) is 19.0. The van der Waals surface area contributed by atoms with Crippen molar-refractivity contribution in [2.75, 3.05) is 25.0 Å². The summed E-state index contributed by atoms with van der Waals surface area (Å²) < 4.78 is 0. The number of hydrogen-bond acceptors (Lipinski definition) is 10. The van der Waals surface area contributed by atoms with Crippen LogP contribution >= 0.6 is 0 Å². The quantitative estimate of drug-likeness (QED) is 0.128. The minimum atomic E-state index is -0.796. The van der Waals surface area contributed by atoms with E-state index in [1.807, 2.05) is 37.3 Å². The van der Waals surface area contributed by atoms with E-state index in [2.05, 4.69) is 41.6 Å². The van der Waals surface area contributed by atoms with Gasteiger partial charge in [0.2, 0.25) is 17.6 Å². The molecule has 4 aromatic rings. The van der Waals surface area contributed by atoms with Crippen LogP contribution in [0.25, 0.3) is 22.5 Å². The predicted octanol–water partition coefficient (Wildman–Crippen LogP) is 2.74. The molecule has 1 saturated heterocycles. The molecule has 1 saturated carbocycles. The zero-order valence-electron chi connectivity index (χ0n) is 28.3. The average molecular weight is 680 g/mol. The van der Waals surface area contributed by atoms with Crippen molar-refractivity contribution in [3.63, 3.8) is 0 Å². The summed E-state index contributed by atoms with van der Waals surface area (Å²) in [4.78, 5) is 44.6. The maximum atomic E-state index is 13.7. The third-order valence-electron chi connectivity index (χ3n) is 9.83. The summed E-state index contributed by atoms with van der Waals surface area (Å²) in [6.45, 7) is 4.01. The third kappa shape index (κ3) is 8.75. The summed E-state index contributed by atoms with van der Waals surface area (Å²) >= 11 is 0. The summed E-state index contributed by atoms with van der Waals surface area (Å²) in [6, 6.07) is 17.9. The van der Waals surface area contributed by atoms with Crippen molar-refractivity contribution >= 4 is 23.4 Å². The van der Waals surface area contributed by atoms with Crippen molar-refractivity contribution in [2.24, 2.45) is 23.4 Å². The molecule has 50 heavy (non-hydrogen) atoms. The molecule has 6 rings (SSSR count). The predicted molar refractivity (Wildman–Crippen MR) is 189 cm³/mol. The summed E-state index contributed by atoms with van der Waals surface area (Å²) in [5.74, 6) is 5.98. The SMILES string of the molecule is Cc1nc(C(=O)NC2CCN(N)CC2)ccc1-c1ccc(C[C@H](NC(=O)C2CCC(CN)CC2)C(=O)Nc2ccc(-c3nn[nH]n3)cc2)cc1. The van der Waals surface area contributed by atoms with E-state index in [4.69, 9.17) is 11.6 Å². The van der Waals surface area contributed by atoms with E-state index in [9.17, 15) is 14.4 Å². The number of piperidine rings is 1. The van der Waals surface area contributed by atoms with Gasteiger partial charge in [0.1, 0.15) is 11.7 Å². The van der Waals surface area contributed by atoms with Gasteiger partial charge in [0.05, 0.1) is 0 Å². The number of nitrogens with zero attached hydrogens (tertiary/aromatic N) is 5. The number of nitrogens with one attached hydrogen (secondary N) is 4. The third-order valence-corrected chi connectivity index (χ3v) is 9.83. The topological polar surface area (TPSA) is 210 Å². The summed E-state index contributed by atoms with van der Waals surface area (Å²) in [5.41, 5.74) is 11.0. The van der Waals surface area contributed by atoms with E-state index >= 15 is 0 Å². The average Bonchev–Trinajstić information content (AvgIpc) is 3.68. The molecule has 1 aliphatic heterocycles. The number of hydrazine groups is 1. The van der Waals surface area contributed by atoms with E-state index in [-0.39, 0.29) is 29.7 Å². The number of amides is 3. The second-order valence-corrected chi connectivity index (χ2v) is 13.3. The molecular formula is C36H45N11O3. The highest BCUT2D eigenvalue weighted by Crippen LogP contribution is 2.29. The maximum absolute atomic E-state index is 13.7. The highest BCUT2D eigenvalue weighted by Gasteiger charge is 2.29. The van der Waals surface area contributed by atoms with Crippen LogP contribution in [0.4, 0.5) is 5.69 Å². The van der Waals surface area contributed by atoms with Gasteiger partial charge in [-0.2, -0.15) is 5.21 Å². The Hall–Kier alpha value is -5.05. The molecule has 262 valence electrons. The lowest BCUT2D eigenvalue weighted by atomic mass is 9.81. The van der Waals surface area contributed by atoms with Gasteiger partial charge in [-0.1, -0.05) is 30.3 Å². The number of aromatic amines is 1. The second-order valence-electron chi connectivity index (χ2n) is 13.3. The molecule has 2 aliphatic rings. The number of aromatic nitrogens is 5. The largest absolute Gasteiger partial charge is 0.348 e. The van der Waals surface area contributed by atoms with Crippen molar-refractivity contribution < 1.29 is 14.4 Å². The molecular weight excluding hydrogens is 634 g/mol. The van der Waals surface area contributed by atoms with E-state index in [0.717, 1.165) is 79.6 Å². The first-order valence-electron chi connectivity index (χ1n) is 17.3. The van der Waals surface area contributed by atoms with Crippen molar-refractivity contribution in [1.29, 1.82) is 0 Å². The Morgan fingerprint density at radius 3 is 2.26 bits per heavy atom. The van der Waals surface area contributed by atoms with Gasteiger partial charge in [-0.05, 0) is 105 Å². The minimum absolute atomic E-state index is 0.0850. The number of carbonyl (C=O) groups excluding carboxylic acids is 3. The summed E-state index contributed by atoms with van der Waals surface area (Å²) in [6.07, 6.45) is 5.26. The Morgan fingerprint density at radius 1 is 0.920 bits per heavy atom. The van der Waals surface area contributed by atoms with Gasteiger partial charge < -0.3 is 21.7 Å². The first-order valence-corrected chi connectivity index (χ1v) is 17.3. The molecule has 2 fully saturated rings. The van der Waals surface area contributed by atoms with E-state index in [1.54, 1.807) is 35.3 Å². The molecule has 3 heterocycles. The van der Waals surface area contributed by atoms with Crippen LogP contribution in [0.2, 0.25) is 0 Å². The minimum Gasteiger partial charge on any atom is -0.348 e. The zero-order valence-corrected chi connectivity index (χ0v) is 28.3. The lowest BCUT2D eigenvalue weighted by Gasteiger charge is -2.28. The Balaban J connectivity index is 1.13. The smallest absolute Gasteiger partial charge is 0.270 e. The molecule has 2 aromatic carbocycles. The standard InChI is InChI=1S/C36H45N11O3/c1-22-30(14-15-31(39-22)35(49)41-29-16-18-47(38)19-17-29)25-6-2-23(3-7-25)20-32(42-34(48)27-8-4-24(21-37)5-9-27)36(50)40-28-12-10-26(11-13-28)33-43-45-46-44-33/h2-3,6-7,10-15,24,27,29,32H,4-5,8-9,16-21,37-38H2,1H3,(H,40,50)(H,41,49)(H,42,48)(H,43,44,45,46)/t24?,27?,32-/m0/s1. The first kappa shape index (κ1) is 34.8. The summed E-state index contributed by atoms with van der Waals surface area (Å²) in [5, 5.41) is 24.9. The molecule has 1 atom stereocenters. The van der Waals surface area contributed by atoms with Crippen molar-refractivity contribution in [1.82, 2.24) is 41.3 Å². The number of tetrazole rings is 1. The van der Waals surface area contributed by atoms with Crippen LogP contribution < -0.4 is 27.5 Å². The lowest BCUT2D eigenvalue weighted by molar-refractivity contribution is -0.130. The van der Waals surface area contributed by atoms with Gasteiger partial charge in [0, 0.05) is 54.0 Å². The fourth-order valence-electron chi connectivity index (χ4n) is 6.73. The van der Waals surface area contributed by atoms with Gasteiger partial charge in [-0.15, -0.1) is 10.2 Å². The lowest BCUT2D eigenvalue weighted by Crippen LogP contribution is -2.48. The first-order chi connectivity index (χ1) is 24.2. The Bertz CT molecular complexity index is 1750. The second kappa shape index (κ2) is 16.1. The van der Waals surface area contributed by atoms with Crippen LogP contribution in [0.5, 0.6) is 0 Å². The Kier molecular flexibility index (Phi) is 11.2. The van der Waals surface area contributed by atoms with Crippen LogP contribution in [0, 0.1) is 18.8 Å². The zero-order chi connectivity index (χ0) is 35.0. The Labute approximate surface area is 291 Å². The molecule has 0 spiro atoms. The number of benzene rings is 2. The van der Waals surface area contributed by atoms with Gasteiger partial charge in [-0.3, -0.25) is 20.2 Å². The number of anilines is 1. The fourth-order valence-corrected chi connectivity index (χ4v) is 6.73. The molecule has 1 aliphatic carbocycles. The maximum Gasteiger partial charge on any atom is 0.270 e. The van der Waals surface area contributed by atoms with Gasteiger partial charge in [0.15, 0.2) is 0 Å².